The Labute approximate surface area is 94.1 Å². The van der Waals surface area contributed by atoms with Crippen LogP contribution in [0.25, 0.3) is 0 Å². The smallest absolute Gasteiger partial charge is 0.340 e. The van der Waals surface area contributed by atoms with Gasteiger partial charge in [-0.3, -0.25) is 0 Å². The Morgan fingerprint density at radius 1 is 1.67 bits per heavy atom. The number of aliphatic hydroxyl groups is 2. The zero-order chi connectivity index (χ0) is 15.8. The Hall–Kier alpha value is -1.59. The molecule has 0 saturated carbocycles. The fourth-order valence-electron chi connectivity index (χ4n) is 0.855. The maximum Gasteiger partial charge on any atom is 0.340 e. The van der Waals surface area contributed by atoms with Gasteiger partial charge in [-0.1, -0.05) is 12.1 Å². The summed E-state index contributed by atoms with van der Waals surface area (Å²) in [5, 5.41) is 18.4. The Kier molecular flexibility index (Phi) is 2.17. The highest BCUT2D eigenvalue weighted by Gasteiger charge is 2.12. The van der Waals surface area contributed by atoms with E-state index < -0.39 is 25.2 Å². The monoisotopic (exact) mass is 216 g/mol. The first-order valence-electron chi connectivity index (χ1n) is 6.43. The van der Waals surface area contributed by atoms with E-state index in [0.29, 0.717) is 0 Å². The molecule has 15 heavy (non-hydrogen) atoms. The third kappa shape index (κ3) is 3.23. The van der Waals surface area contributed by atoms with Crippen molar-refractivity contribution in [2.75, 3.05) is 18.9 Å². The number of hydrogen-bond acceptors (Lipinski definition) is 5. The van der Waals surface area contributed by atoms with E-state index in [1.807, 2.05) is 0 Å². The van der Waals surface area contributed by atoms with Crippen LogP contribution in [0.15, 0.2) is 24.3 Å². The minimum atomic E-state index is -3.72. The lowest BCUT2D eigenvalue weighted by atomic mass is 10.2. The molecule has 0 saturated heterocycles. The average molecular weight is 216 g/mol. The first-order chi connectivity index (χ1) is 8.90. The molecule has 1 aromatic rings. The number of nitrogen functional groups attached to an aromatic ring is 1. The number of para-hydroxylation sites is 1. The molecule has 0 fully saturated rings. The van der Waals surface area contributed by atoms with Crippen molar-refractivity contribution in [2.45, 2.75) is 6.08 Å². The van der Waals surface area contributed by atoms with Crippen LogP contribution >= 0.6 is 0 Å². The van der Waals surface area contributed by atoms with Gasteiger partial charge in [0.05, 0.1) is 19.0 Å². The lowest BCUT2D eigenvalue weighted by Gasteiger charge is -2.09. The third-order valence-electron chi connectivity index (χ3n) is 1.53. The van der Waals surface area contributed by atoms with Gasteiger partial charge in [-0.2, -0.15) is 0 Å². The molecular weight excluding hydrogens is 198 g/mol. The number of benzene rings is 1. The molecule has 0 spiro atoms. The lowest BCUT2D eigenvalue weighted by molar-refractivity contribution is 0.00941. The molecule has 4 N–H and O–H groups in total. The second-order valence-corrected chi connectivity index (χ2v) is 2.54. The molecule has 0 heterocycles. The topological polar surface area (TPSA) is 92.8 Å². The van der Waals surface area contributed by atoms with Crippen molar-refractivity contribution in [2.24, 2.45) is 0 Å². The molecule has 0 aliphatic carbocycles. The molecule has 1 unspecified atom stereocenters. The van der Waals surface area contributed by atoms with Gasteiger partial charge in [-0.05, 0) is 12.1 Å². The highest BCUT2D eigenvalue weighted by Crippen LogP contribution is 2.11. The Morgan fingerprint density at radius 2 is 2.33 bits per heavy atom. The number of rotatable bonds is 4. The molecule has 0 aromatic heterocycles. The van der Waals surface area contributed by atoms with Crippen molar-refractivity contribution in [1.82, 2.24) is 0 Å². The molecule has 5 nitrogen and oxygen atoms in total. The summed E-state index contributed by atoms with van der Waals surface area (Å²) in [5.74, 6) is -1.30. The van der Waals surface area contributed by atoms with Crippen molar-refractivity contribution < 1.29 is 26.6 Å². The number of carbonyl (C=O) groups is 1. The van der Waals surface area contributed by atoms with E-state index in [2.05, 4.69) is 4.74 Å². The molecular formula is C10H13NO4. The van der Waals surface area contributed by atoms with Crippen LogP contribution in [0.3, 0.4) is 0 Å². The van der Waals surface area contributed by atoms with Gasteiger partial charge in [-0.25, -0.2) is 4.79 Å². The Balaban J connectivity index is 3.03. The lowest BCUT2D eigenvalue weighted by Crippen LogP contribution is -2.22. The highest BCUT2D eigenvalue weighted by molar-refractivity contribution is 5.94. The number of hydrogen-bond donors (Lipinski definition) is 3. The summed E-state index contributed by atoms with van der Waals surface area (Å²) in [7, 11) is 0. The molecule has 0 amide bonds. The van der Waals surface area contributed by atoms with Crippen LogP contribution in [0.4, 0.5) is 5.69 Å². The van der Waals surface area contributed by atoms with Crippen LogP contribution in [-0.4, -0.2) is 35.4 Å². The van der Waals surface area contributed by atoms with Crippen molar-refractivity contribution in [3.63, 3.8) is 0 Å². The van der Waals surface area contributed by atoms with E-state index in [1.165, 1.54) is 24.3 Å². The highest BCUT2D eigenvalue weighted by atomic mass is 16.5. The van der Waals surface area contributed by atoms with E-state index in [1.54, 1.807) is 0 Å². The predicted molar refractivity (Wildman–Crippen MR) is 54.2 cm³/mol. The number of nitrogens with two attached hydrogens (primary N) is 1. The van der Waals surface area contributed by atoms with Crippen molar-refractivity contribution >= 4 is 11.7 Å². The normalized spacial score (nSPS) is 21.1. The zero-order valence-corrected chi connectivity index (χ0v) is 7.60. The molecule has 5 heteroatoms. The van der Waals surface area contributed by atoms with Crippen molar-refractivity contribution in [1.29, 1.82) is 0 Å². The van der Waals surface area contributed by atoms with Gasteiger partial charge in [0.1, 0.15) is 12.6 Å². The zero-order valence-electron chi connectivity index (χ0n) is 12.6. The summed E-state index contributed by atoms with van der Waals surface area (Å²) < 4.78 is 39.6. The van der Waals surface area contributed by atoms with Gasteiger partial charge in [0.25, 0.3) is 0 Å². The minimum absolute atomic E-state index is 0.0196. The van der Waals surface area contributed by atoms with Crippen molar-refractivity contribution in [3.8, 4) is 0 Å². The van der Waals surface area contributed by atoms with Crippen LogP contribution in [0.1, 0.15) is 17.2 Å². The molecule has 1 rings (SSSR count). The fourth-order valence-corrected chi connectivity index (χ4v) is 0.855. The first kappa shape index (κ1) is 6.09. The van der Waals surface area contributed by atoms with Gasteiger partial charge < -0.3 is 20.7 Å². The maximum atomic E-state index is 11.7. The number of anilines is 1. The van der Waals surface area contributed by atoms with Gasteiger partial charge in [0.15, 0.2) is 0 Å². The van der Waals surface area contributed by atoms with E-state index in [0.717, 1.165) is 0 Å². The van der Waals surface area contributed by atoms with Gasteiger partial charge in [-0.15, -0.1) is 0 Å². The van der Waals surface area contributed by atoms with E-state index in [4.69, 9.17) is 17.7 Å². The first-order valence-corrected chi connectivity index (χ1v) is 3.93. The maximum absolute atomic E-state index is 11.7. The summed E-state index contributed by atoms with van der Waals surface area (Å²) >= 11 is 0. The summed E-state index contributed by atoms with van der Waals surface area (Å²) in [5.41, 5.74) is 5.24. The van der Waals surface area contributed by atoms with Crippen LogP contribution in [-0.2, 0) is 4.74 Å². The van der Waals surface area contributed by atoms with Gasteiger partial charge in [0, 0.05) is 5.69 Å². The molecule has 0 radical (unpaired) electrons. The quantitative estimate of drug-likeness (QED) is 0.478. The van der Waals surface area contributed by atoms with Crippen LogP contribution < -0.4 is 5.73 Å². The van der Waals surface area contributed by atoms with E-state index in [9.17, 15) is 9.90 Å². The summed E-state index contributed by atoms with van der Waals surface area (Å²) in [4.78, 5) is 11.7. The number of carbonyl (C=O) groups excluding carboxylic acids is 1. The summed E-state index contributed by atoms with van der Waals surface area (Å²) in [6.45, 7) is -7.16. The third-order valence-corrected chi connectivity index (χ3v) is 1.53. The largest absolute Gasteiger partial charge is 0.459 e. The molecule has 82 valence electrons. The van der Waals surface area contributed by atoms with E-state index in [-0.39, 0.29) is 11.3 Å². The molecule has 0 bridgehead atoms. The van der Waals surface area contributed by atoms with Crippen LogP contribution in [0.2, 0.25) is 0 Å². The van der Waals surface area contributed by atoms with Crippen molar-refractivity contribution in [3.05, 3.63) is 29.8 Å². The Morgan fingerprint density at radius 3 is 2.93 bits per heavy atom. The predicted octanol–water partition coefficient (Wildman–Crippen LogP) is -0.221. The molecule has 0 aliphatic heterocycles. The second-order valence-electron chi connectivity index (χ2n) is 2.54. The second kappa shape index (κ2) is 5.33. The average Bonchev–Trinajstić information content (AvgIpc) is 2.26. The Bertz CT molecular complexity index is 515. The molecule has 1 aromatic carbocycles. The van der Waals surface area contributed by atoms with Crippen LogP contribution in [0, 0.1) is 0 Å². The SMILES string of the molecule is [2H]C([2H])(O)C([2H])(O)C([2H])([2H])OC(=O)c1ccccc1N. The summed E-state index contributed by atoms with van der Waals surface area (Å²) in [6, 6.07) is 5.53. The number of esters is 1. The molecule has 1 atom stereocenters. The van der Waals surface area contributed by atoms with Crippen LogP contribution in [0.5, 0.6) is 0 Å². The minimum Gasteiger partial charge on any atom is -0.459 e. The standard InChI is InChI=1S/C10H13NO4/c11-9-4-2-1-3-8(9)10(14)15-6-7(13)5-12/h1-4,7,12-13H,5-6,11H2/i5D2,6D2,7D. The molecule has 0 aliphatic rings. The van der Waals surface area contributed by atoms with Gasteiger partial charge in [0.2, 0.25) is 0 Å². The van der Waals surface area contributed by atoms with E-state index >= 15 is 0 Å². The fraction of sp³-hybridized carbons (Fsp3) is 0.300. The summed E-state index contributed by atoms with van der Waals surface area (Å²) in [6.07, 6.45) is -3.72. The van der Waals surface area contributed by atoms with Gasteiger partial charge >= 0.3 is 5.97 Å². The number of ether oxygens (including phenoxy) is 1.